The molecule has 1 N–H and O–H groups in total. The van der Waals surface area contributed by atoms with E-state index in [1.807, 2.05) is 17.5 Å². The van der Waals surface area contributed by atoms with E-state index in [1.165, 1.54) is 16.2 Å². The zero-order chi connectivity index (χ0) is 13.1. The number of hydrogen-bond acceptors (Lipinski definition) is 4. The van der Waals surface area contributed by atoms with E-state index < -0.39 is 11.8 Å². The lowest BCUT2D eigenvalue weighted by molar-refractivity contribution is -0.128. The fraction of sp³-hybridized carbons (Fsp3) is 0.0833. The van der Waals surface area contributed by atoms with Crippen molar-refractivity contribution in [2.45, 2.75) is 0 Å². The van der Waals surface area contributed by atoms with Crippen molar-refractivity contribution in [1.82, 2.24) is 10.2 Å². The molecule has 1 fully saturated rings. The van der Waals surface area contributed by atoms with Crippen molar-refractivity contribution in [3.63, 3.8) is 0 Å². The minimum Gasteiger partial charge on any atom is -0.298 e. The van der Waals surface area contributed by atoms with Gasteiger partial charge in [0.05, 0.1) is 0 Å². The Balaban J connectivity index is 2.35. The summed E-state index contributed by atoms with van der Waals surface area (Å²) in [5.74, 6) is -0.851. The van der Waals surface area contributed by atoms with Gasteiger partial charge in [-0.3, -0.25) is 19.8 Å². The number of thiocarbonyl (C=S) groups is 1. The molecule has 2 heterocycles. The highest BCUT2D eigenvalue weighted by atomic mass is 32.1. The summed E-state index contributed by atoms with van der Waals surface area (Å²) < 4.78 is 0. The third-order valence-electron chi connectivity index (χ3n) is 2.33. The molecule has 0 atom stereocenters. The second-order valence-corrected chi connectivity index (χ2v) is 4.90. The van der Waals surface area contributed by atoms with Crippen LogP contribution >= 0.6 is 23.6 Å². The second kappa shape index (κ2) is 5.24. The van der Waals surface area contributed by atoms with Crippen molar-refractivity contribution in [2.24, 2.45) is 0 Å². The smallest absolute Gasteiger partial charge is 0.265 e. The molecular weight excluding hydrogens is 268 g/mol. The van der Waals surface area contributed by atoms with Crippen LogP contribution < -0.4 is 5.32 Å². The predicted octanol–water partition coefficient (Wildman–Crippen LogP) is 1.56. The highest BCUT2D eigenvalue weighted by Gasteiger charge is 2.32. The molecule has 1 aromatic heterocycles. The Kier molecular flexibility index (Phi) is 3.69. The lowest BCUT2D eigenvalue weighted by atomic mass is 10.1. The molecule has 1 aliphatic heterocycles. The Hall–Kier alpha value is -1.79. The first kappa shape index (κ1) is 12.7. The second-order valence-electron chi connectivity index (χ2n) is 3.54. The maximum absolute atomic E-state index is 12.1. The number of amides is 2. The van der Waals surface area contributed by atoms with Crippen LogP contribution in [0.3, 0.4) is 0 Å². The van der Waals surface area contributed by atoms with Crippen LogP contribution in [0.25, 0.3) is 6.08 Å². The predicted molar refractivity (Wildman–Crippen MR) is 74.9 cm³/mol. The quantitative estimate of drug-likeness (QED) is 0.395. The fourth-order valence-corrected chi connectivity index (χ4v) is 2.41. The van der Waals surface area contributed by atoms with Gasteiger partial charge in [0.2, 0.25) is 0 Å². The molecule has 1 saturated heterocycles. The Bertz CT molecular complexity index is 546. The van der Waals surface area contributed by atoms with E-state index in [-0.39, 0.29) is 17.2 Å². The van der Waals surface area contributed by atoms with E-state index in [0.717, 1.165) is 4.88 Å². The summed E-state index contributed by atoms with van der Waals surface area (Å²) in [6, 6.07) is 3.69. The van der Waals surface area contributed by atoms with Crippen LogP contribution in [0.4, 0.5) is 0 Å². The molecule has 92 valence electrons. The monoisotopic (exact) mass is 278 g/mol. The van der Waals surface area contributed by atoms with Crippen LogP contribution in [-0.2, 0) is 9.59 Å². The summed E-state index contributed by atoms with van der Waals surface area (Å²) in [6.07, 6.45) is 3.13. The van der Waals surface area contributed by atoms with Crippen LogP contribution in [0.2, 0.25) is 0 Å². The van der Waals surface area contributed by atoms with Crippen molar-refractivity contribution < 1.29 is 9.59 Å². The third-order valence-corrected chi connectivity index (χ3v) is 3.47. The number of thiophene rings is 1. The molecule has 0 spiro atoms. The molecule has 6 heteroatoms. The summed E-state index contributed by atoms with van der Waals surface area (Å²) in [6.45, 7) is 3.84. The third kappa shape index (κ3) is 2.39. The van der Waals surface area contributed by atoms with E-state index in [0.29, 0.717) is 0 Å². The van der Waals surface area contributed by atoms with E-state index >= 15 is 0 Å². The highest BCUT2D eigenvalue weighted by molar-refractivity contribution is 7.80. The molecule has 2 rings (SSSR count). The van der Waals surface area contributed by atoms with Gasteiger partial charge in [-0.2, -0.15) is 0 Å². The number of rotatable bonds is 3. The summed E-state index contributed by atoms with van der Waals surface area (Å²) in [5, 5.41) is 4.49. The van der Waals surface area contributed by atoms with E-state index in [9.17, 15) is 9.59 Å². The minimum absolute atomic E-state index is 0.0906. The number of nitrogens with one attached hydrogen (secondary N) is 1. The largest absolute Gasteiger partial charge is 0.298 e. The first-order chi connectivity index (χ1) is 8.63. The normalized spacial score (nSPS) is 18.1. The molecule has 0 aromatic carbocycles. The number of hydrogen-bond donors (Lipinski definition) is 1. The Morgan fingerprint density at radius 1 is 1.50 bits per heavy atom. The molecule has 0 bridgehead atoms. The number of carbonyl (C=O) groups excluding carboxylic acids is 2. The van der Waals surface area contributed by atoms with E-state index in [4.69, 9.17) is 12.2 Å². The van der Waals surface area contributed by atoms with Gasteiger partial charge in [0.25, 0.3) is 11.8 Å². The molecule has 0 aliphatic carbocycles. The van der Waals surface area contributed by atoms with Gasteiger partial charge in [-0.25, -0.2) is 0 Å². The van der Waals surface area contributed by atoms with Gasteiger partial charge in [0.15, 0.2) is 5.11 Å². The average molecular weight is 278 g/mol. The Morgan fingerprint density at radius 2 is 2.28 bits per heavy atom. The lowest BCUT2D eigenvalue weighted by Crippen LogP contribution is -2.53. The molecule has 4 nitrogen and oxygen atoms in total. The molecule has 18 heavy (non-hydrogen) atoms. The summed E-state index contributed by atoms with van der Waals surface area (Å²) >= 11 is 6.40. The van der Waals surface area contributed by atoms with E-state index in [2.05, 4.69) is 11.9 Å². The maximum Gasteiger partial charge on any atom is 0.265 e. The van der Waals surface area contributed by atoms with Gasteiger partial charge in [-0.1, -0.05) is 12.1 Å². The topological polar surface area (TPSA) is 49.4 Å². The summed E-state index contributed by atoms with van der Waals surface area (Å²) in [7, 11) is 0. The summed E-state index contributed by atoms with van der Waals surface area (Å²) in [4.78, 5) is 26.0. The van der Waals surface area contributed by atoms with Crippen LogP contribution in [0.15, 0.2) is 35.7 Å². The molecular formula is C12H10N2O2S2. The minimum atomic E-state index is -0.460. The van der Waals surface area contributed by atoms with Crippen molar-refractivity contribution in [3.8, 4) is 0 Å². The van der Waals surface area contributed by atoms with Crippen molar-refractivity contribution in [3.05, 3.63) is 40.6 Å². The van der Waals surface area contributed by atoms with Gasteiger partial charge in [-0.05, 0) is 29.7 Å². The van der Waals surface area contributed by atoms with E-state index in [1.54, 1.807) is 12.2 Å². The molecule has 0 radical (unpaired) electrons. The van der Waals surface area contributed by atoms with Crippen molar-refractivity contribution >= 4 is 46.6 Å². The van der Waals surface area contributed by atoms with Crippen LogP contribution in [0, 0.1) is 0 Å². The molecule has 1 aromatic rings. The van der Waals surface area contributed by atoms with Gasteiger partial charge in [0.1, 0.15) is 5.57 Å². The lowest BCUT2D eigenvalue weighted by Gasteiger charge is -2.27. The van der Waals surface area contributed by atoms with Gasteiger partial charge < -0.3 is 0 Å². The van der Waals surface area contributed by atoms with Gasteiger partial charge in [0, 0.05) is 11.4 Å². The Morgan fingerprint density at radius 3 is 2.89 bits per heavy atom. The molecule has 0 saturated carbocycles. The standard InChI is InChI=1S/C12H10N2O2S2/c1-2-5-14-11(16)9(10(15)13-12(14)17)7-8-4-3-6-18-8/h2-4,6-7H,1,5H2,(H,13,15,17)/b9-7+. The van der Waals surface area contributed by atoms with Crippen molar-refractivity contribution in [1.29, 1.82) is 0 Å². The van der Waals surface area contributed by atoms with Gasteiger partial charge in [-0.15, -0.1) is 17.9 Å². The van der Waals surface area contributed by atoms with Crippen molar-refractivity contribution in [2.75, 3.05) is 6.54 Å². The first-order valence-corrected chi connectivity index (χ1v) is 6.45. The SMILES string of the molecule is C=CCN1C(=O)/C(=C/c2cccs2)C(=O)NC1=S. The first-order valence-electron chi connectivity index (χ1n) is 5.16. The van der Waals surface area contributed by atoms with Gasteiger partial charge >= 0.3 is 0 Å². The fourth-order valence-electron chi connectivity index (χ4n) is 1.50. The Labute approximate surface area is 114 Å². The number of carbonyl (C=O) groups is 2. The average Bonchev–Trinajstić information content (AvgIpc) is 2.83. The molecule has 0 unspecified atom stereocenters. The summed E-state index contributed by atoms with van der Waals surface area (Å²) in [5.41, 5.74) is 0.0906. The van der Waals surface area contributed by atoms with Crippen LogP contribution in [0.1, 0.15) is 4.88 Å². The van der Waals surface area contributed by atoms with Crippen LogP contribution in [-0.4, -0.2) is 28.4 Å². The highest BCUT2D eigenvalue weighted by Crippen LogP contribution is 2.17. The van der Waals surface area contributed by atoms with Crippen LogP contribution in [0.5, 0.6) is 0 Å². The zero-order valence-corrected chi connectivity index (χ0v) is 11.0. The molecule has 1 aliphatic rings. The zero-order valence-electron chi connectivity index (χ0n) is 9.38. The maximum atomic E-state index is 12.1. The number of nitrogens with zero attached hydrogens (tertiary/aromatic N) is 1. The molecule has 2 amide bonds.